The zero-order valence-corrected chi connectivity index (χ0v) is 12.0. The molecule has 1 saturated heterocycles. The Bertz CT molecular complexity index is 414. The van der Waals surface area contributed by atoms with Crippen LogP contribution in [0, 0.1) is 0 Å². The minimum atomic E-state index is -5.62. The van der Waals surface area contributed by atoms with Crippen molar-refractivity contribution in [1.29, 1.82) is 0 Å². The van der Waals surface area contributed by atoms with Crippen molar-refractivity contribution >= 4 is 20.8 Å². The van der Waals surface area contributed by atoms with Gasteiger partial charge < -0.3 is 8.61 Å². The molecule has 0 N–H and O–H groups in total. The van der Waals surface area contributed by atoms with Crippen molar-refractivity contribution in [1.82, 2.24) is 0 Å². The molecular formula is C8H18F2N2O4S2. The molecule has 1 fully saturated rings. The Morgan fingerprint density at radius 3 is 1.56 bits per heavy atom. The summed E-state index contributed by atoms with van der Waals surface area (Å²) in [6.45, 7) is 6.44. The van der Waals surface area contributed by atoms with Gasteiger partial charge in [0, 0.05) is 0 Å². The molecule has 110 valence electrons. The summed E-state index contributed by atoms with van der Waals surface area (Å²) in [5.41, 5.74) is 0. The van der Waals surface area contributed by atoms with E-state index in [1.54, 1.807) is 0 Å². The monoisotopic (exact) mass is 308 g/mol. The average Bonchev–Trinajstić information content (AvgIpc) is 2.14. The van der Waals surface area contributed by atoms with Gasteiger partial charge in [-0.3, -0.25) is 0 Å². The normalized spacial score (nSPS) is 19.8. The van der Waals surface area contributed by atoms with Crippen molar-refractivity contribution in [2.75, 3.05) is 26.7 Å². The van der Waals surface area contributed by atoms with E-state index < -0.39 is 20.8 Å². The maximum absolute atomic E-state index is 11.1. The Morgan fingerprint density at radius 1 is 1.00 bits per heavy atom. The zero-order valence-electron chi connectivity index (χ0n) is 10.3. The van der Waals surface area contributed by atoms with Gasteiger partial charge in [-0.2, -0.15) is 0 Å². The van der Waals surface area contributed by atoms with Gasteiger partial charge in [-0.1, -0.05) is 0 Å². The van der Waals surface area contributed by atoms with Crippen LogP contribution in [-0.2, 0) is 20.8 Å². The molecule has 0 aliphatic carbocycles. The fourth-order valence-electron chi connectivity index (χ4n) is 1.70. The molecule has 0 bridgehead atoms. The van der Waals surface area contributed by atoms with Gasteiger partial charge in [0.25, 0.3) is 0 Å². The molecule has 0 aromatic carbocycles. The second-order valence-electron chi connectivity index (χ2n) is 4.34. The molecule has 6 nitrogen and oxygen atoms in total. The van der Waals surface area contributed by atoms with Gasteiger partial charge in [0.1, 0.15) is 0 Å². The summed E-state index contributed by atoms with van der Waals surface area (Å²) < 4.78 is 61.4. The van der Waals surface area contributed by atoms with Gasteiger partial charge in [-0.25, -0.2) is 16.8 Å². The standard InChI is InChI=1S/C8H18N.F2NO4S2/c1-3-9(2)7-5-4-6-8-9;1-8(4,5)3-9(2,6)7/h3-8H2,1-2H3;/q+1;-1. The molecule has 0 saturated carbocycles. The fourth-order valence-corrected chi connectivity index (χ4v) is 2.55. The lowest BCUT2D eigenvalue weighted by molar-refractivity contribution is -0.912. The number of rotatable bonds is 3. The Morgan fingerprint density at radius 2 is 1.39 bits per heavy atom. The molecule has 0 amide bonds. The number of hydrogen-bond acceptors (Lipinski definition) is 4. The molecule has 0 unspecified atom stereocenters. The molecule has 1 aliphatic rings. The maximum Gasteiger partial charge on any atom is 0.241 e. The molecule has 18 heavy (non-hydrogen) atoms. The summed E-state index contributed by atoms with van der Waals surface area (Å²) in [4.78, 5) is 0. The van der Waals surface area contributed by atoms with Crippen molar-refractivity contribution in [3.05, 3.63) is 4.13 Å². The lowest BCUT2D eigenvalue weighted by atomic mass is 10.1. The number of likely N-dealkylation sites (tertiary alicyclic amines) is 1. The highest BCUT2D eigenvalue weighted by Crippen LogP contribution is 2.14. The Balaban J connectivity index is 0.000000321. The molecule has 0 atom stereocenters. The highest BCUT2D eigenvalue weighted by Gasteiger charge is 2.21. The number of hydrogen-bond donors (Lipinski definition) is 0. The minimum absolute atomic E-state index is 1.15. The second-order valence-corrected chi connectivity index (χ2v) is 6.59. The second kappa shape index (κ2) is 6.73. The van der Waals surface area contributed by atoms with Crippen LogP contribution in [0.2, 0.25) is 0 Å². The van der Waals surface area contributed by atoms with E-state index in [9.17, 15) is 24.6 Å². The van der Waals surface area contributed by atoms with E-state index in [0.29, 0.717) is 0 Å². The number of nitrogens with zero attached hydrogens (tertiary/aromatic N) is 2. The van der Waals surface area contributed by atoms with Gasteiger partial charge in [-0.15, -0.1) is 7.77 Å². The summed E-state index contributed by atoms with van der Waals surface area (Å²) in [6, 6.07) is 0. The predicted octanol–water partition coefficient (Wildman–Crippen LogP) is 1.43. The molecule has 0 aromatic rings. The highest BCUT2D eigenvalue weighted by atomic mass is 32.3. The molecule has 0 radical (unpaired) electrons. The summed E-state index contributed by atoms with van der Waals surface area (Å²) in [5, 5.41) is 0. The minimum Gasteiger partial charge on any atom is -0.379 e. The molecule has 10 heteroatoms. The molecule has 1 heterocycles. The summed E-state index contributed by atoms with van der Waals surface area (Å²) in [6.07, 6.45) is 4.36. The maximum atomic E-state index is 11.1. The topological polar surface area (TPSA) is 82.4 Å². The van der Waals surface area contributed by atoms with Crippen molar-refractivity contribution in [3.63, 3.8) is 0 Å². The van der Waals surface area contributed by atoms with E-state index in [4.69, 9.17) is 0 Å². The summed E-state index contributed by atoms with van der Waals surface area (Å²) >= 11 is 0. The molecular weight excluding hydrogens is 290 g/mol. The number of halogens is 2. The van der Waals surface area contributed by atoms with Crippen molar-refractivity contribution in [3.8, 4) is 0 Å². The Hall–Kier alpha value is -0.320. The summed E-state index contributed by atoms with van der Waals surface area (Å²) in [5.74, 6) is 0. The first kappa shape index (κ1) is 17.7. The Labute approximate surface area is 107 Å². The largest absolute Gasteiger partial charge is 0.379 e. The molecule has 1 aliphatic heterocycles. The number of piperidine rings is 1. The average molecular weight is 308 g/mol. The van der Waals surface area contributed by atoms with Crippen LogP contribution in [0.5, 0.6) is 0 Å². The van der Waals surface area contributed by atoms with E-state index in [2.05, 4.69) is 14.0 Å². The van der Waals surface area contributed by atoms with E-state index >= 15 is 0 Å². The van der Waals surface area contributed by atoms with E-state index in [1.807, 2.05) is 0 Å². The third-order valence-electron chi connectivity index (χ3n) is 2.84. The van der Waals surface area contributed by atoms with Crippen LogP contribution in [0.1, 0.15) is 26.2 Å². The van der Waals surface area contributed by atoms with Crippen LogP contribution in [0.3, 0.4) is 0 Å². The molecule has 0 spiro atoms. The molecule has 0 aromatic heterocycles. The highest BCUT2D eigenvalue weighted by molar-refractivity contribution is 8.07. The van der Waals surface area contributed by atoms with Crippen LogP contribution >= 0.6 is 0 Å². The third kappa shape index (κ3) is 9.68. The first-order chi connectivity index (χ1) is 7.97. The van der Waals surface area contributed by atoms with E-state index in [0.717, 1.165) is 4.13 Å². The molecule has 1 rings (SSSR count). The van der Waals surface area contributed by atoms with Gasteiger partial charge >= 0.3 is 0 Å². The van der Waals surface area contributed by atoms with Gasteiger partial charge in [0.2, 0.25) is 20.8 Å². The zero-order chi connectivity index (χ0) is 14.4. The first-order valence-electron chi connectivity index (χ1n) is 5.44. The van der Waals surface area contributed by atoms with Gasteiger partial charge in [-0.05, 0) is 26.2 Å². The van der Waals surface area contributed by atoms with Crippen LogP contribution in [-0.4, -0.2) is 48.0 Å². The summed E-state index contributed by atoms with van der Waals surface area (Å²) in [7, 11) is -8.87. The van der Waals surface area contributed by atoms with Crippen molar-refractivity contribution in [2.24, 2.45) is 0 Å². The predicted molar refractivity (Wildman–Crippen MR) is 63.7 cm³/mol. The van der Waals surface area contributed by atoms with Crippen LogP contribution in [0.25, 0.3) is 4.13 Å². The van der Waals surface area contributed by atoms with Gasteiger partial charge in [0.15, 0.2) is 0 Å². The van der Waals surface area contributed by atoms with Crippen LogP contribution in [0.4, 0.5) is 7.77 Å². The lowest BCUT2D eigenvalue weighted by Gasteiger charge is -2.36. The SMILES string of the molecule is CC[N+]1(C)CCCCC1.O=S(=O)(F)[N-]S(=O)(=O)F. The fraction of sp³-hybridized carbons (Fsp3) is 1.00. The third-order valence-corrected chi connectivity index (χ3v) is 4.26. The van der Waals surface area contributed by atoms with Crippen molar-refractivity contribution < 1.29 is 29.1 Å². The van der Waals surface area contributed by atoms with E-state index in [-0.39, 0.29) is 0 Å². The lowest BCUT2D eigenvalue weighted by Crippen LogP contribution is -2.47. The van der Waals surface area contributed by atoms with Crippen LogP contribution in [0.15, 0.2) is 0 Å². The number of quaternary nitrogens is 1. The van der Waals surface area contributed by atoms with Gasteiger partial charge in [0.05, 0.1) is 26.7 Å². The first-order valence-corrected chi connectivity index (χ1v) is 8.12. The van der Waals surface area contributed by atoms with E-state index in [1.165, 1.54) is 43.4 Å². The van der Waals surface area contributed by atoms with Crippen LogP contribution < -0.4 is 0 Å². The Kier molecular flexibility index (Phi) is 6.61. The smallest absolute Gasteiger partial charge is 0.241 e. The van der Waals surface area contributed by atoms with Crippen molar-refractivity contribution in [2.45, 2.75) is 26.2 Å². The quantitative estimate of drug-likeness (QED) is 0.583.